The highest BCUT2D eigenvalue weighted by Gasteiger charge is 2.62. The monoisotopic (exact) mass is 574 g/mol. The minimum atomic E-state index is -0.712. The molecule has 0 aromatic heterocycles. The number of nitrogens with zero attached hydrogens (tertiary/aromatic N) is 2. The number of amides is 4. The van der Waals surface area contributed by atoms with E-state index in [1.807, 2.05) is 67.6 Å². The van der Waals surface area contributed by atoms with E-state index in [0.29, 0.717) is 29.8 Å². The maximum absolute atomic E-state index is 14.2. The number of fused-ring (bicyclic) bond motifs is 4. The number of imide groups is 2. The Balaban J connectivity index is 1.31. The molecule has 2 saturated heterocycles. The topological polar surface area (TPSA) is 95.0 Å². The van der Waals surface area contributed by atoms with Gasteiger partial charge in [0.15, 0.2) is 0 Å². The van der Waals surface area contributed by atoms with E-state index in [-0.39, 0.29) is 29.4 Å². The van der Waals surface area contributed by atoms with Crippen LogP contribution in [0.3, 0.4) is 0 Å². The second-order valence-electron chi connectivity index (χ2n) is 12.1. The van der Waals surface area contributed by atoms with Crippen LogP contribution in [0, 0.1) is 29.6 Å². The summed E-state index contributed by atoms with van der Waals surface area (Å²) in [5, 5.41) is 11.0. The Hall–Kier alpha value is -4.52. The molecular weight excluding hydrogens is 540 g/mol. The first-order valence-electron chi connectivity index (χ1n) is 15.2. The van der Waals surface area contributed by atoms with Crippen LogP contribution in [0.15, 0.2) is 84.4 Å². The second kappa shape index (κ2) is 10.3. The molecule has 0 unspecified atom stereocenters. The Labute approximate surface area is 250 Å². The summed E-state index contributed by atoms with van der Waals surface area (Å²) in [4.78, 5) is 58.7. The Morgan fingerprint density at radius 2 is 1.19 bits per heavy atom. The zero-order valence-corrected chi connectivity index (χ0v) is 24.3. The molecular formula is C36H34N2O5. The number of phenolic OH excluding ortho intramolecular Hbond substituents is 1. The first-order chi connectivity index (χ1) is 20.8. The summed E-state index contributed by atoms with van der Waals surface area (Å²) >= 11 is 0. The fraction of sp³-hybridized carbons (Fsp3) is 0.333. The van der Waals surface area contributed by atoms with Crippen LogP contribution >= 0.6 is 0 Å². The molecule has 4 amide bonds. The Morgan fingerprint density at radius 1 is 0.651 bits per heavy atom. The summed E-state index contributed by atoms with van der Waals surface area (Å²) in [6.07, 6.45) is 4.37. The van der Waals surface area contributed by atoms with Crippen LogP contribution in [0.5, 0.6) is 5.75 Å². The molecule has 3 aromatic carbocycles. The van der Waals surface area contributed by atoms with Crippen LogP contribution in [-0.4, -0.2) is 28.7 Å². The lowest BCUT2D eigenvalue weighted by Gasteiger charge is -2.44. The lowest BCUT2D eigenvalue weighted by Crippen LogP contribution is -2.43. The third-order valence-corrected chi connectivity index (χ3v) is 10.1. The first kappa shape index (κ1) is 27.3. The fourth-order valence-electron chi connectivity index (χ4n) is 7.96. The zero-order valence-electron chi connectivity index (χ0n) is 24.3. The first-order valence-corrected chi connectivity index (χ1v) is 15.2. The maximum atomic E-state index is 14.2. The summed E-state index contributed by atoms with van der Waals surface area (Å²) in [7, 11) is 0. The van der Waals surface area contributed by atoms with E-state index < -0.39 is 35.5 Å². The Morgan fingerprint density at radius 3 is 1.74 bits per heavy atom. The summed E-state index contributed by atoms with van der Waals surface area (Å²) in [6, 6.07) is 21.9. The number of allylic oxidation sites excluding steroid dienone is 2. The van der Waals surface area contributed by atoms with Crippen molar-refractivity contribution < 1.29 is 24.3 Å². The van der Waals surface area contributed by atoms with Gasteiger partial charge < -0.3 is 5.11 Å². The van der Waals surface area contributed by atoms with Crippen molar-refractivity contribution in [1.82, 2.24) is 0 Å². The van der Waals surface area contributed by atoms with Gasteiger partial charge in [0.1, 0.15) is 5.75 Å². The van der Waals surface area contributed by atoms with Gasteiger partial charge in [-0.3, -0.25) is 29.0 Å². The molecule has 7 heteroatoms. The molecule has 3 fully saturated rings. The van der Waals surface area contributed by atoms with Gasteiger partial charge in [0.2, 0.25) is 23.6 Å². The minimum absolute atomic E-state index is 0.0485. The van der Waals surface area contributed by atoms with Gasteiger partial charge in [-0.05, 0) is 73.1 Å². The number of aromatic hydroxyl groups is 1. The molecule has 2 aliphatic carbocycles. The summed E-state index contributed by atoms with van der Waals surface area (Å²) < 4.78 is 0. The highest BCUT2D eigenvalue weighted by atomic mass is 16.3. The SMILES string of the molecule is CCc1ccc(N2C(=O)[C@H]3[C@H](CC=C4[C@H]3C[C@H]3C(=O)N(c5ccc(CC)cc5)C(=O)[C@H]3[C@H]4c3ccccc3O)C2=O)cc1. The van der Waals surface area contributed by atoms with Crippen molar-refractivity contribution >= 4 is 35.0 Å². The highest BCUT2D eigenvalue weighted by Crippen LogP contribution is 2.59. The smallest absolute Gasteiger partial charge is 0.238 e. The van der Waals surface area contributed by atoms with E-state index in [2.05, 4.69) is 6.92 Å². The molecule has 1 N–H and O–H groups in total. The van der Waals surface area contributed by atoms with Crippen molar-refractivity contribution in [2.75, 3.05) is 9.80 Å². The lowest BCUT2D eigenvalue weighted by molar-refractivity contribution is -0.126. The van der Waals surface area contributed by atoms with Gasteiger partial charge >= 0.3 is 0 Å². The molecule has 4 aliphatic rings. The van der Waals surface area contributed by atoms with Crippen molar-refractivity contribution in [3.63, 3.8) is 0 Å². The quantitative estimate of drug-likeness (QED) is 0.318. The van der Waals surface area contributed by atoms with Gasteiger partial charge in [0.25, 0.3) is 0 Å². The number of rotatable bonds is 5. The normalized spacial score (nSPS) is 28.1. The molecule has 0 radical (unpaired) electrons. The van der Waals surface area contributed by atoms with Crippen LogP contribution in [0.4, 0.5) is 11.4 Å². The van der Waals surface area contributed by atoms with Crippen LogP contribution < -0.4 is 9.80 Å². The molecule has 7 rings (SSSR count). The lowest BCUT2D eigenvalue weighted by atomic mass is 9.57. The van der Waals surface area contributed by atoms with Gasteiger partial charge in [-0.2, -0.15) is 0 Å². The van der Waals surface area contributed by atoms with Gasteiger partial charge in [0, 0.05) is 11.5 Å². The van der Waals surface area contributed by atoms with Gasteiger partial charge in [0.05, 0.1) is 35.0 Å². The summed E-state index contributed by atoms with van der Waals surface area (Å²) in [5.74, 6) is -4.54. The van der Waals surface area contributed by atoms with E-state index >= 15 is 0 Å². The molecule has 0 bridgehead atoms. The van der Waals surface area contributed by atoms with Crippen molar-refractivity contribution in [1.29, 1.82) is 0 Å². The zero-order chi connectivity index (χ0) is 30.0. The molecule has 3 aromatic rings. The van der Waals surface area contributed by atoms with Crippen LogP contribution in [-0.2, 0) is 32.0 Å². The fourth-order valence-corrected chi connectivity index (χ4v) is 7.96. The predicted octanol–water partition coefficient (Wildman–Crippen LogP) is 5.56. The molecule has 7 nitrogen and oxygen atoms in total. The number of anilines is 2. The number of benzene rings is 3. The standard InChI is InChI=1S/C36H34N2O5/c1-3-20-9-13-22(14-10-20)37-33(40)26-18-17-24-27(31(26)35(37)42)19-28-32(30(24)25-7-5-6-8-29(25)39)36(43)38(34(28)41)23-15-11-21(4-2)12-16-23/h5-17,26-28,30-32,39H,3-4,18-19H2,1-2H3/t26-,27+,28+,30+,31-,32+/m0/s1. The van der Waals surface area contributed by atoms with Crippen LogP contribution in [0.1, 0.15) is 49.3 Å². The number of hydrogen-bond donors (Lipinski definition) is 1. The average molecular weight is 575 g/mol. The van der Waals surface area contributed by atoms with Crippen molar-refractivity contribution in [3.8, 4) is 5.75 Å². The van der Waals surface area contributed by atoms with Crippen LogP contribution in [0.2, 0.25) is 0 Å². The number of para-hydroxylation sites is 1. The van der Waals surface area contributed by atoms with Gasteiger partial charge in [-0.15, -0.1) is 0 Å². The summed E-state index contributed by atoms with van der Waals surface area (Å²) in [6.45, 7) is 4.10. The molecule has 43 heavy (non-hydrogen) atoms. The number of phenols is 1. The molecule has 0 spiro atoms. The maximum Gasteiger partial charge on any atom is 0.238 e. The number of aryl methyl sites for hydroxylation is 2. The molecule has 2 heterocycles. The van der Waals surface area contributed by atoms with Crippen LogP contribution in [0.25, 0.3) is 0 Å². The van der Waals surface area contributed by atoms with Gasteiger partial charge in [-0.1, -0.05) is 68.0 Å². The minimum Gasteiger partial charge on any atom is -0.508 e. The third-order valence-electron chi connectivity index (χ3n) is 10.1. The van der Waals surface area contributed by atoms with Crippen molar-refractivity contribution in [2.24, 2.45) is 29.6 Å². The molecule has 1 saturated carbocycles. The predicted molar refractivity (Wildman–Crippen MR) is 162 cm³/mol. The number of hydrogen-bond acceptors (Lipinski definition) is 5. The number of carbonyl (C=O) groups is 4. The van der Waals surface area contributed by atoms with E-state index in [4.69, 9.17) is 0 Å². The number of carbonyl (C=O) groups excluding carboxylic acids is 4. The molecule has 6 atom stereocenters. The van der Waals surface area contributed by atoms with E-state index in [1.54, 1.807) is 18.2 Å². The van der Waals surface area contributed by atoms with E-state index in [9.17, 15) is 24.3 Å². The summed E-state index contributed by atoms with van der Waals surface area (Å²) in [5.41, 5.74) is 4.75. The van der Waals surface area contributed by atoms with Gasteiger partial charge in [-0.25, -0.2) is 0 Å². The highest BCUT2D eigenvalue weighted by molar-refractivity contribution is 6.24. The van der Waals surface area contributed by atoms with Crippen molar-refractivity contribution in [2.45, 2.75) is 45.4 Å². The van der Waals surface area contributed by atoms with E-state index in [1.165, 1.54) is 9.80 Å². The average Bonchev–Trinajstić information content (AvgIpc) is 3.44. The second-order valence-corrected chi connectivity index (χ2v) is 12.1. The third kappa shape index (κ3) is 4.08. The molecule has 2 aliphatic heterocycles. The molecule has 218 valence electrons. The Kier molecular flexibility index (Phi) is 6.56. The van der Waals surface area contributed by atoms with Crippen molar-refractivity contribution in [3.05, 3.63) is 101 Å². The Bertz CT molecular complexity index is 1670. The largest absolute Gasteiger partial charge is 0.508 e. The van der Waals surface area contributed by atoms with E-state index in [0.717, 1.165) is 29.5 Å².